The number of aromatic nitrogens is 2. The van der Waals surface area contributed by atoms with Gasteiger partial charge < -0.3 is 0 Å². The van der Waals surface area contributed by atoms with Gasteiger partial charge in [-0.25, -0.2) is 9.97 Å². The van der Waals surface area contributed by atoms with Crippen LogP contribution in [-0.2, 0) is 0 Å². The molecule has 84 valence electrons. The van der Waals surface area contributed by atoms with Crippen LogP contribution in [0.3, 0.4) is 0 Å². The van der Waals surface area contributed by atoms with E-state index in [1.165, 1.54) is 16.2 Å². The summed E-state index contributed by atoms with van der Waals surface area (Å²) in [6, 6.07) is 16.7. The van der Waals surface area contributed by atoms with E-state index in [4.69, 9.17) is 0 Å². The minimum Gasteiger partial charge on any atom is -0.237 e. The Morgan fingerprint density at radius 2 is 1.50 bits per heavy atom. The molecule has 0 aliphatic rings. The zero-order valence-corrected chi connectivity index (χ0v) is 9.67. The van der Waals surface area contributed by atoms with Gasteiger partial charge in [0.2, 0.25) is 0 Å². The molecule has 0 saturated carbocycles. The van der Waals surface area contributed by atoms with Gasteiger partial charge in [0.15, 0.2) is 5.65 Å². The SMILES string of the molecule is c1ccc2c(c1)ccc1cnc3ncccc3c12. The molecule has 0 atom stereocenters. The molecular formula is C16H10N2. The molecule has 0 aliphatic heterocycles. The van der Waals surface area contributed by atoms with E-state index in [1.54, 1.807) is 6.20 Å². The Bertz CT molecular complexity index is 811. The average Bonchev–Trinajstić information content (AvgIpc) is 2.46. The second kappa shape index (κ2) is 3.50. The van der Waals surface area contributed by atoms with Crippen molar-refractivity contribution < 1.29 is 0 Å². The molecule has 0 saturated heterocycles. The van der Waals surface area contributed by atoms with Crippen molar-refractivity contribution in [2.45, 2.75) is 0 Å². The summed E-state index contributed by atoms with van der Waals surface area (Å²) in [5, 5.41) is 6.03. The summed E-state index contributed by atoms with van der Waals surface area (Å²) in [5.74, 6) is 0. The lowest BCUT2D eigenvalue weighted by Crippen LogP contribution is -1.86. The molecule has 2 aromatic heterocycles. The molecule has 0 amide bonds. The molecule has 18 heavy (non-hydrogen) atoms. The number of rotatable bonds is 0. The quantitative estimate of drug-likeness (QED) is 0.428. The second-order valence-corrected chi connectivity index (χ2v) is 4.38. The number of hydrogen-bond donors (Lipinski definition) is 0. The molecule has 0 aliphatic carbocycles. The molecule has 4 rings (SSSR count). The molecule has 0 spiro atoms. The van der Waals surface area contributed by atoms with Crippen LogP contribution in [0, 0.1) is 0 Å². The summed E-state index contributed by atoms with van der Waals surface area (Å²) in [7, 11) is 0. The van der Waals surface area contributed by atoms with Crippen molar-refractivity contribution in [3.8, 4) is 0 Å². The van der Waals surface area contributed by atoms with Gasteiger partial charge in [0.25, 0.3) is 0 Å². The lowest BCUT2D eigenvalue weighted by Gasteiger charge is -2.06. The fourth-order valence-corrected chi connectivity index (χ4v) is 2.52. The van der Waals surface area contributed by atoms with Gasteiger partial charge in [0.05, 0.1) is 0 Å². The fourth-order valence-electron chi connectivity index (χ4n) is 2.52. The lowest BCUT2D eigenvalue weighted by atomic mass is 10.0. The number of benzene rings is 2. The molecule has 4 aromatic rings. The van der Waals surface area contributed by atoms with Crippen molar-refractivity contribution in [1.29, 1.82) is 0 Å². The van der Waals surface area contributed by atoms with Gasteiger partial charge in [-0.2, -0.15) is 0 Å². The van der Waals surface area contributed by atoms with E-state index in [0.717, 1.165) is 16.4 Å². The van der Waals surface area contributed by atoms with Gasteiger partial charge in [-0.15, -0.1) is 0 Å². The number of hydrogen-bond acceptors (Lipinski definition) is 2. The third-order valence-electron chi connectivity index (χ3n) is 3.34. The molecule has 2 nitrogen and oxygen atoms in total. The van der Waals surface area contributed by atoms with E-state index < -0.39 is 0 Å². The molecule has 0 N–H and O–H groups in total. The van der Waals surface area contributed by atoms with Crippen LogP contribution in [-0.4, -0.2) is 9.97 Å². The van der Waals surface area contributed by atoms with Crippen molar-refractivity contribution in [1.82, 2.24) is 9.97 Å². The maximum atomic E-state index is 4.41. The Kier molecular flexibility index (Phi) is 1.86. The maximum Gasteiger partial charge on any atom is 0.159 e. The molecule has 2 heterocycles. The standard InChI is InChI=1S/C16H10N2/c1-2-5-13-11(4-1)7-8-12-10-18-16-14(15(12)13)6-3-9-17-16/h1-10H. The molecule has 2 heteroatoms. The van der Waals surface area contributed by atoms with Gasteiger partial charge in [-0.3, -0.25) is 0 Å². The fraction of sp³-hybridized carbons (Fsp3) is 0. The topological polar surface area (TPSA) is 25.8 Å². The normalized spacial score (nSPS) is 11.3. The Hall–Kier alpha value is -2.48. The third-order valence-corrected chi connectivity index (χ3v) is 3.34. The molecule has 0 unspecified atom stereocenters. The zero-order chi connectivity index (χ0) is 11.9. The number of nitrogens with zero attached hydrogens (tertiary/aromatic N) is 2. The number of pyridine rings is 2. The van der Waals surface area contributed by atoms with Gasteiger partial charge in [-0.1, -0.05) is 36.4 Å². The molecule has 0 fully saturated rings. The van der Waals surface area contributed by atoms with Crippen LogP contribution in [0.15, 0.2) is 60.9 Å². The van der Waals surface area contributed by atoms with Crippen molar-refractivity contribution in [2.24, 2.45) is 0 Å². The van der Waals surface area contributed by atoms with Crippen LogP contribution in [0.2, 0.25) is 0 Å². The predicted octanol–water partition coefficient (Wildman–Crippen LogP) is 3.94. The van der Waals surface area contributed by atoms with Crippen LogP contribution in [0.1, 0.15) is 0 Å². The Labute approximate surface area is 104 Å². The summed E-state index contributed by atoms with van der Waals surface area (Å²) >= 11 is 0. The highest BCUT2D eigenvalue weighted by Crippen LogP contribution is 2.29. The van der Waals surface area contributed by atoms with E-state index in [1.807, 2.05) is 12.3 Å². The van der Waals surface area contributed by atoms with E-state index in [0.29, 0.717) is 0 Å². The summed E-state index contributed by atoms with van der Waals surface area (Å²) in [4.78, 5) is 8.73. The van der Waals surface area contributed by atoms with Crippen molar-refractivity contribution in [3.05, 3.63) is 60.9 Å². The third kappa shape index (κ3) is 1.23. The highest BCUT2D eigenvalue weighted by atomic mass is 14.8. The van der Waals surface area contributed by atoms with Gasteiger partial charge in [0, 0.05) is 28.6 Å². The lowest BCUT2D eigenvalue weighted by molar-refractivity contribution is 1.30. The molecule has 0 bridgehead atoms. The smallest absolute Gasteiger partial charge is 0.159 e. The summed E-state index contributed by atoms with van der Waals surface area (Å²) in [5.41, 5.74) is 0.807. The highest BCUT2D eigenvalue weighted by molar-refractivity contribution is 6.18. The first-order valence-electron chi connectivity index (χ1n) is 5.95. The molecule has 0 radical (unpaired) electrons. The molecular weight excluding hydrogens is 220 g/mol. The summed E-state index contributed by atoms with van der Waals surface area (Å²) in [6.45, 7) is 0. The largest absolute Gasteiger partial charge is 0.237 e. The van der Waals surface area contributed by atoms with Crippen LogP contribution >= 0.6 is 0 Å². The van der Waals surface area contributed by atoms with E-state index >= 15 is 0 Å². The van der Waals surface area contributed by atoms with Gasteiger partial charge in [0.1, 0.15) is 0 Å². The number of fused-ring (bicyclic) bond motifs is 5. The minimum atomic E-state index is 0.807. The summed E-state index contributed by atoms with van der Waals surface area (Å²) < 4.78 is 0. The van der Waals surface area contributed by atoms with Crippen molar-refractivity contribution in [2.75, 3.05) is 0 Å². The van der Waals surface area contributed by atoms with Crippen molar-refractivity contribution >= 4 is 32.6 Å². The zero-order valence-electron chi connectivity index (χ0n) is 9.67. The van der Waals surface area contributed by atoms with Crippen LogP contribution in [0.4, 0.5) is 0 Å². The van der Waals surface area contributed by atoms with Gasteiger partial charge >= 0.3 is 0 Å². The van der Waals surface area contributed by atoms with Crippen LogP contribution in [0.25, 0.3) is 32.6 Å². The van der Waals surface area contributed by atoms with Crippen LogP contribution in [0.5, 0.6) is 0 Å². The van der Waals surface area contributed by atoms with E-state index in [9.17, 15) is 0 Å². The first-order valence-corrected chi connectivity index (χ1v) is 5.95. The van der Waals surface area contributed by atoms with Gasteiger partial charge in [-0.05, 0) is 22.9 Å². The Morgan fingerprint density at radius 3 is 2.50 bits per heavy atom. The minimum absolute atomic E-state index is 0.807. The highest BCUT2D eigenvalue weighted by Gasteiger charge is 2.05. The first kappa shape index (κ1) is 9.54. The monoisotopic (exact) mass is 230 g/mol. The predicted molar refractivity (Wildman–Crippen MR) is 74.6 cm³/mol. The first-order chi connectivity index (χ1) is 8.93. The second-order valence-electron chi connectivity index (χ2n) is 4.38. The van der Waals surface area contributed by atoms with E-state index in [-0.39, 0.29) is 0 Å². The average molecular weight is 230 g/mol. The van der Waals surface area contributed by atoms with Crippen LogP contribution < -0.4 is 0 Å². The summed E-state index contributed by atoms with van der Waals surface area (Å²) in [6.07, 6.45) is 3.68. The molecule has 2 aromatic carbocycles. The van der Waals surface area contributed by atoms with E-state index in [2.05, 4.69) is 52.4 Å². The maximum absolute atomic E-state index is 4.41. The Balaban J connectivity index is 2.38. The van der Waals surface area contributed by atoms with Crippen molar-refractivity contribution in [3.63, 3.8) is 0 Å². The Morgan fingerprint density at radius 1 is 0.667 bits per heavy atom.